The third-order valence-electron chi connectivity index (χ3n) is 3.63. The van der Waals surface area contributed by atoms with Gasteiger partial charge in [0.2, 0.25) is 0 Å². The Balaban J connectivity index is 2.17. The van der Waals surface area contributed by atoms with Crippen LogP contribution >= 0.6 is 0 Å². The van der Waals surface area contributed by atoms with Crippen molar-refractivity contribution in [2.45, 2.75) is 19.3 Å². The molecule has 1 aromatic carbocycles. The normalized spacial score (nSPS) is 13.7. The molecule has 1 aliphatic carbocycles. The van der Waals surface area contributed by atoms with E-state index in [9.17, 15) is 0 Å². The molecule has 0 bridgehead atoms. The first-order valence-electron chi connectivity index (χ1n) is 6.19. The molecule has 0 unspecified atom stereocenters. The number of aromatic nitrogens is 2. The van der Waals surface area contributed by atoms with Crippen LogP contribution in [0.3, 0.4) is 0 Å². The van der Waals surface area contributed by atoms with Gasteiger partial charge in [-0.15, -0.1) is 0 Å². The lowest BCUT2D eigenvalue weighted by Gasteiger charge is -2.11. The van der Waals surface area contributed by atoms with Crippen LogP contribution in [-0.4, -0.2) is 16.9 Å². The van der Waals surface area contributed by atoms with Crippen molar-refractivity contribution in [3.8, 4) is 17.0 Å². The standard InChI is InChI=1S/C14H17N3O/c1-17-13(15)8-12(16-17)11-7-6-9-4-3-5-10(9)14(11)18-2/h6-8H,3-5,15H2,1-2H3. The first-order valence-corrected chi connectivity index (χ1v) is 6.19. The summed E-state index contributed by atoms with van der Waals surface area (Å²) in [6, 6.07) is 6.16. The molecule has 0 spiro atoms. The minimum Gasteiger partial charge on any atom is -0.496 e. The van der Waals surface area contributed by atoms with Crippen LogP contribution in [0.2, 0.25) is 0 Å². The zero-order chi connectivity index (χ0) is 12.7. The molecule has 4 heteroatoms. The Labute approximate surface area is 106 Å². The van der Waals surface area contributed by atoms with E-state index in [0.717, 1.165) is 29.8 Å². The van der Waals surface area contributed by atoms with Crippen molar-refractivity contribution in [3.63, 3.8) is 0 Å². The van der Waals surface area contributed by atoms with Gasteiger partial charge in [0.25, 0.3) is 0 Å². The van der Waals surface area contributed by atoms with Crippen LogP contribution < -0.4 is 10.5 Å². The van der Waals surface area contributed by atoms with Crippen LogP contribution in [0.1, 0.15) is 17.5 Å². The summed E-state index contributed by atoms with van der Waals surface area (Å²) < 4.78 is 7.28. The lowest BCUT2D eigenvalue weighted by molar-refractivity contribution is 0.412. The molecule has 1 aromatic heterocycles. The number of hydrogen-bond acceptors (Lipinski definition) is 3. The Morgan fingerprint density at radius 1 is 1.33 bits per heavy atom. The zero-order valence-corrected chi connectivity index (χ0v) is 10.7. The molecule has 1 aliphatic rings. The number of nitrogens with two attached hydrogens (primary N) is 1. The molecule has 3 rings (SSSR count). The lowest BCUT2D eigenvalue weighted by atomic mass is 10.0. The summed E-state index contributed by atoms with van der Waals surface area (Å²) >= 11 is 0. The van der Waals surface area contributed by atoms with Gasteiger partial charge in [0.1, 0.15) is 11.6 Å². The fraction of sp³-hybridized carbons (Fsp3) is 0.357. The van der Waals surface area contributed by atoms with Crippen molar-refractivity contribution in [1.29, 1.82) is 0 Å². The Morgan fingerprint density at radius 3 is 2.83 bits per heavy atom. The highest BCUT2D eigenvalue weighted by atomic mass is 16.5. The second-order valence-electron chi connectivity index (χ2n) is 4.72. The molecule has 2 N–H and O–H groups in total. The summed E-state index contributed by atoms with van der Waals surface area (Å²) in [5, 5.41) is 4.43. The summed E-state index contributed by atoms with van der Waals surface area (Å²) in [7, 11) is 3.57. The highest BCUT2D eigenvalue weighted by Gasteiger charge is 2.20. The van der Waals surface area contributed by atoms with Gasteiger partial charge in [0, 0.05) is 18.7 Å². The number of nitrogens with zero attached hydrogens (tertiary/aromatic N) is 2. The van der Waals surface area contributed by atoms with Gasteiger partial charge in [0.15, 0.2) is 0 Å². The molecular formula is C14H17N3O. The molecule has 0 aliphatic heterocycles. The van der Waals surface area contributed by atoms with Gasteiger partial charge >= 0.3 is 0 Å². The van der Waals surface area contributed by atoms with Gasteiger partial charge in [-0.2, -0.15) is 5.10 Å². The predicted molar refractivity (Wildman–Crippen MR) is 71.6 cm³/mol. The van der Waals surface area contributed by atoms with Crippen LogP contribution in [0.25, 0.3) is 11.3 Å². The van der Waals surface area contributed by atoms with E-state index in [4.69, 9.17) is 10.5 Å². The molecule has 0 amide bonds. The van der Waals surface area contributed by atoms with Crippen LogP contribution in [0.15, 0.2) is 18.2 Å². The Morgan fingerprint density at radius 2 is 2.17 bits per heavy atom. The van der Waals surface area contributed by atoms with Crippen molar-refractivity contribution < 1.29 is 4.74 Å². The second kappa shape index (κ2) is 4.05. The summed E-state index contributed by atoms with van der Waals surface area (Å²) in [6.07, 6.45) is 3.45. The van der Waals surface area contributed by atoms with Crippen LogP contribution in [-0.2, 0) is 19.9 Å². The molecule has 0 saturated heterocycles. The summed E-state index contributed by atoms with van der Waals surface area (Å²) in [5.74, 6) is 1.62. The molecule has 94 valence electrons. The molecule has 0 fully saturated rings. The van der Waals surface area contributed by atoms with Gasteiger partial charge in [-0.3, -0.25) is 4.68 Å². The van der Waals surface area contributed by atoms with Crippen molar-refractivity contribution in [2.24, 2.45) is 7.05 Å². The van der Waals surface area contributed by atoms with Crippen molar-refractivity contribution in [3.05, 3.63) is 29.3 Å². The largest absolute Gasteiger partial charge is 0.496 e. The van der Waals surface area contributed by atoms with E-state index in [1.54, 1.807) is 11.8 Å². The number of methoxy groups -OCH3 is 1. The van der Waals surface area contributed by atoms with E-state index >= 15 is 0 Å². The number of benzene rings is 1. The van der Waals surface area contributed by atoms with E-state index in [1.807, 2.05) is 13.1 Å². The fourth-order valence-corrected chi connectivity index (χ4v) is 2.68. The number of anilines is 1. The first kappa shape index (κ1) is 11.1. The predicted octanol–water partition coefficient (Wildman–Crippen LogP) is 2.17. The Kier molecular flexibility index (Phi) is 2.51. The first-order chi connectivity index (χ1) is 8.70. The van der Waals surface area contributed by atoms with Crippen LogP contribution in [0.5, 0.6) is 5.75 Å². The van der Waals surface area contributed by atoms with Crippen LogP contribution in [0.4, 0.5) is 5.82 Å². The monoisotopic (exact) mass is 243 g/mol. The third-order valence-corrected chi connectivity index (χ3v) is 3.63. The molecule has 18 heavy (non-hydrogen) atoms. The van der Waals surface area contributed by atoms with Crippen molar-refractivity contribution in [2.75, 3.05) is 12.8 Å². The van der Waals surface area contributed by atoms with Crippen molar-refractivity contribution in [1.82, 2.24) is 9.78 Å². The maximum atomic E-state index is 5.84. The maximum absolute atomic E-state index is 5.84. The van der Waals surface area contributed by atoms with Gasteiger partial charge in [-0.1, -0.05) is 6.07 Å². The Bertz CT molecular complexity index is 582. The van der Waals surface area contributed by atoms with E-state index in [-0.39, 0.29) is 0 Å². The van der Waals surface area contributed by atoms with Gasteiger partial charge in [-0.05, 0) is 36.5 Å². The maximum Gasteiger partial charge on any atom is 0.131 e. The second-order valence-corrected chi connectivity index (χ2v) is 4.72. The number of fused-ring (bicyclic) bond motifs is 1. The number of hydrogen-bond donors (Lipinski definition) is 1. The number of aryl methyl sites for hydroxylation is 2. The molecular weight excluding hydrogens is 226 g/mol. The lowest BCUT2D eigenvalue weighted by Crippen LogP contribution is -1.97. The molecule has 4 nitrogen and oxygen atoms in total. The van der Waals surface area contributed by atoms with Gasteiger partial charge in [-0.25, -0.2) is 0 Å². The molecule has 0 saturated carbocycles. The van der Waals surface area contributed by atoms with E-state index in [2.05, 4.69) is 17.2 Å². The average molecular weight is 243 g/mol. The Hall–Kier alpha value is -1.97. The van der Waals surface area contributed by atoms with E-state index in [0.29, 0.717) is 5.82 Å². The molecule has 1 heterocycles. The molecule has 0 atom stereocenters. The average Bonchev–Trinajstić information content (AvgIpc) is 2.95. The van der Waals surface area contributed by atoms with Gasteiger partial charge in [0.05, 0.1) is 12.8 Å². The summed E-state index contributed by atoms with van der Waals surface area (Å²) in [6.45, 7) is 0. The molecule has 0 radical (unpaired) electrons. The smallest absolute Gasteiger partial charge is 0.131 e. The SMILES string of the molecule is COc1c(-c2cc(N)n(C)n2)ccc2c1CCC2. The highest BCUT2D eigenvalue weighted by Crippen LogP contribution is 2.38. The van der Waals surface area contributed by atoms with E-state index < -0.39 is 0 Å². The minimum absolute atomic E-state index is 0.660. The van der Waals surface area contributed by atoms with Crippen LogP contribution in [0, 0.1) is 0 Å². The molecule has 2 aromatic rings. The summed E-state index contributed by atoms with van der Waals surface area (Å²) in [5.41, 5.74) is 10.5. The fourth-order valence-electron chi connectivity index (χ4n) is 2.68. The van der Waals surface area contributed by atoms with E-state index in [1.165, 1.54) is 17.5 Å². The highest BCUT2D eigenvalue weighted by molar-refractivity contribution is 5.72. The van der Waals surface area contributed by atoms with Crippen molar-refractivity contribution >= 4 is 5.82 Å². The summed E-state index contributed by atoms with van der Waals surface area (Å²) in [4.78, 5) is 0. The third kappa shape index (κ3) is 1.56. The topological polar surface area (TPSA) is 53.1 Å². The number of nitrogen functional groups attached to an aromatic ring is 1. The zero-order valence-electron chi connectivity index (χ0n) is 10.7. The minimum atomic E-state index is 0.660. The number of ether oxygens (including phenoxy) is 1. The quantitative estimate of drug-likeness (QED) is 0.879. The number of rotatable bonds is 2. The van der Waals surface area contributed by atoms with Gasteiger partial charge < -0.3 is 10.5 Å².